The summed E-state index contributed by atoms with van der Waals surface area (Å²) >= 11 is 0. The number of hydrogen-bond donors (Lipinski definition) is 1. The number of aliphatic hydroxyl groups is 1. The highest BCUT2D eigenvalue weighted by molar-refractivity contribution is 6.69. The minimum absolute atomic E-state index is 0.0132. The molecular weight excluding hydrogens is 1090 g/mol. The number of ketones is 3. The molecule has 2 bridgehead atoms. The van der Waals surface area contributed by atoms with Gasteiger partial charge in [0.15, 0.2) is 14.1 Å². The Morgan fingerprint density at radius 2 is 1.52 bits per heavy atom. The van der Waals surface area contributed by atoms with Crippen LogP contribution in [-0.2, 0) is 70.9 Å². The van der Waals surface area contributed by atoms with Gasteiger partial charge in [-0.3, -0.25) is 24.0 Å². The Labute approximate surface area is 501 Å². The Bertz CT molecular complexity index is 2520. The monoisotopic (exact) mass is 1190 g/mol. The SMILES string of the molecule is COC1CC2CCC(C)C(O)(O2)C(=O)C(=O)N2CCCCC2C(=O)OC(C(C)CC2CCC(OC(=O)C3(C)COB(c4ccccc4)OC3)C(OC)C2)CC(=O)C(C)/C=C(\C)C(O[Si](C)(C)C)C(OC)C(=O)C(C)CC(C)/C=C/C=CC=C1C. The first-order chi connectivity index (χ1) is 39.7. The van der Waals surface area contributed by atoms with Crippen molar-refractivity contribution in [2.75, 3.05) is 41.1 Å². The first-order valence-electron chi connectivity index (χ1n) is 30.7. The maximum atomic E-state index is 14.8. The number of amides is 1. The van der Waals surface area contributed by atoms with Crippen molar-refractivity contribution in [1.82, 2.24) is 4.90 Å². The van der Waals surface area contributed by atoms with Crippen LogP contribution >= 0.6 is 0 Å². The summed E-state index contributed by atoms with van der Waals surface area (Å²) in [7, 11) is 1.77. The van der Waals surface area contributed by atoms with Crippen LogP contribution in [0.4, 0.5) is 0 Å². The fraction of sp³-hybridized carbons (Fsp3) is 0.692. The molecule has 1 aromatic rings. The maximum absolute atomic E-state index is 14.8. The van der Waals surface area contributed by atoms with Crippen LogP contribution in [0.15, 0.2) is 77.9 Å². The van der Waals surface area contributed by atoms with Crippen molar-refractivity contribution >= 4 is 56.1 Å². The van der Waals surface area contributed by atoms with Gasteiger partial charge in [-0.2, -0.15) is 0 Å². The fourth-order valence-corrected chi connectivity index (χ4v) is 13.6. The van der Waals surface area contributed by atoms with Crippen LogP contribution in [0, 0.1) is 40.9 Å². The smallest absolute Gasteiger partial charge is 0.460 e. The number of cyclic esters (lactones) is 1. The second-order valence-corrected chi connectivity index (χ2v) is 30.6. The first kappa shape index (κ1) is 68.7. The third-order valence-corrected chi connectivity index (χ3v) is 18.8. The van der Waals surface area contributed by atoms with Crippen LogP contribution in [0.5, 0.6) is 0 Å². The van der Waals surface area contributed by atoms with E-state index in [0.717, 1.165) is 11.0 Å². The molecular formula is C65H98BNO16Si. The van der Waals surface area contributed by atoms with Gasteiger partial charge in [0.25, 0.3) is 11.7 Å². The highest BCUT2D eigenvalue weighted by Crippen LogP contribution is 2.39. The van der Waals surface area contributed by atoms with E-state index in [2.05, 4.69) is 6.92 Å². The van der Waals surface area contributed by atoms with Crippen LogP contribution in [0.1, 0.15) is 132 Å². The van der Waals surface area contributed by atoms with E-state index in [1.165, 1.54) is 12.0 Å². The van der Waals surface area contributed by atoms with Gasteiger partial charge >= 0.3 is 19.1 Å². The first-order valence-corrected chi connectivity index (χ1v) is 34.1. The Morgan fingerprint density at radius 1 is 0.821 bits per heavy atom. The van der Waals surface area contributed by atoms with E-state index in [1.807, 2.05) is 114 Å². The molecule has 1 saturated carbocycles. The molecule has 1 amide bonds. The number of carbonyl (C=O) groups excluding carboxylic acids is 6. The third-order valence-electron chi connectivity index (χ3n) is 17.8. The fourth-order valence-electron chi connectivity index (χ4n) is 12.6. The van der Waals surface area contributed by atoms with Crippen molar-refractivity contribution < 1.29 is 76.0 Å². The summed E-state index contributed by atoms with van der Waals surface area (Å²) in [5.41, 5.74) is 1.37. The molecule has 5 aliphatic rings. The summed E-state index contributed by atoms with van der Waals surface area (Å²) in [6, 6.07) is 8.37. The zero-order valence-electron chi connectivity index (χ0n) is 52.6. The van der Waals surface area contributed by atoms with E-state index in [1.54, 1.807) is 35.0 Å². The molecule has 1 aliphatic carbocycles. The summed E-state index contributed by atoms with van der Waals surface area (Å²) in [5.74, 6) is -8.35. The van der Waals surface area contributed by atoms with Crippen molar-refractivity contribution in [3.05, 3.63) is 77.9 Å². The molecule has 4 fully saturated rings. The van der Waals surface area contributed by atoms with E-state index in [9.17, 15) is 33.9 Å². The quantitative estimate of drug-likeness (QED) is 0.0948. The van der Waals surface area contributed by atoms with Gasteiger partial charge in [0.05, 0.1) is 24.4 Å². The van der Waals surface area contributed by atoms with E-state index in [-0.39, 0.29) is 56.0 Å². The number of benzene rings is 1. The highest BCUT2D eigenvalue weighted by atomic mass is 28.4. The lowest BCUT2D eigenvalue weighted by molar-refractivity contribution is -0.265. The number of rotatable bonds is 11. The molecule has 466 valence electrons. The van der Waals surface area contributed by atoms with Crippen molar-refractivity contribution in [1.29, 1.82) is 0 Å². The van der Waals surface area contributed by atoms with E-state index in [4.69, 9.17) is 42.2 Å². The Kier molecular flexibility index (Phi) is 25.3. The summed E-state index contributed by atoms with van der Waals surface area (Å²) in [6.07, 6.45) is 11.9. The molecule has 19 heteroatoms. The Hall–Kier alpha value is -4.44. The van der Waals surface area contributed by atoms with E-state index >= 15 is 0 Å². The number of methoxy groups -OCH3 is 3. The molecule has 84 heavy (non-hydrogen) atoms. The van der Waals surface area contributed by atoms with Crippen LogP contribution in [0.2, 0.25) is 19.6 Å². The van der Waals surface area contributed by atoms with Crippen molar-refractivity contribution in [2.24, 2.45) is 40.9 Å². The highest BCUT2D eigenvalue weighted by Gasteiger charge is 2.53. The van der Waals surface area contributed by atoms with Crippen molar-refractivity contribution in [3.63, 3.8) is 0 Å². The minimum Gasteiger partial charge on any atom is -0.460 e. The molecule has 4 heterocycles. The zero-order valence-corrected chi connectivity index (χ0v) is 53.6. The van der Waals surface area contributed by atoms with E-state index in [0.29, 0.717) is 69.8 Å². The van der Waals surface area contributed by atoms with Gasteiger partial charge in [-0.25, -0.2) is 4.79 Å². The van der Waals surface area contributed by atoms with Gasteiger partial charge in [-0.05, 0) is 139 Å². The number of allylic oxidation sites excluding steroid dienone is 6. The molecule has 0 radical (unpaired) electrons. The van der Waals surface area contributed by atoms with Gasteiger partial charge in [-0.1, -0.05) is 101 Å². The molecule has 15 atom stereocenters. The number of hydrogen-bond acceptors (Lipinski definition) is 16. The summed E-state index contributed by atoms with van der Waals surface area (Å²) in [5, 5.41) is 12.1. The predicted octanol–water partition coefficient (Wildman–Crippen LogP) is 9.04. The average Bonchev–Trinajstić information content (AvgIpc) is 1.82. The average molecular weight is 1190 g/mol. The van der Waals surface area contributed by atoms with Gasteiger partial charge in [-0.15, -0.1) is 0 Å². The molecule has 1 aromatic carbocycles. The predicted molar refractivity (Wildman–Crippen MR) is 323 cm³/mol. The molecule has 1 N–H and O–H groups in total. The molecule has 0 spiro atoms. The largest absolute Gasteiger partial charge is 0.493 e. The Morgan fingerprint density at radius 3 is 2.18 bits per heavy atom. The summed E-state index contributed by atoms with van der Waals surface area (Å²) in [6.45, 7) is 21.3. The number of ether oxygens (including phenoxy) is 6. The van der Waals surface area contributed by atoms with Crippen LogP contribution in [-0.4, -0.2) is 156 Å². The number of Topliss-reactive ketones (excluding diaryl/α,β-unsaturated/α-hetero) is 3. The lowest BCUT2D eigenvalue weighted by Gasteiger charge is -2.42. The summed E-state index contributed by atoms with van der Waals surface area (Å²) < 4.78 is 55.6. The zero-order chi connectivity index (χ0) is 61.7. The molecule has 15 unspecified atom stereocenters. The topological polar surface area (TPSA) is 209 Å². The standard InChI is InChI=1S/C65H98BNO16Si/c1-41-23-17-15-18-24-42(2)54(75-9)37-50-30-28-47(7)65(74,82-50)60(70)61(71)67-32-22-21-27-51(67)62(72)80-55(38-52(68)43(3)34-46(6)58(83-84(12,13)14)59(77-11)57(69)45(5)33-41)44(4)35-48-29-31-53(56(36-48)76-10)81-63(73)64(8)39-78-66(79-40-64)49-25-19-16-20-26-49/h15-20,23-26,34,41,43-45,47-48,50-51,53-56,58-59,74H,21-22,27-33,35-40H2,1-14H3/b18-15?,23-17+,42-24?,46-34+. The van der Waals surface area contributed by atoms with Crippen molar-refractivity contribution in [2.45, 2.75) is 207 Å². The molecule has 3 saturated heterocycles. The van der Waals surface area contributed by atoms with Crippen LogP contribution in [0.3, 0.4) is 0 Å². The number of fused-ring (bicyclic) bond motifs is 3. The van der Waals surface area contributed by atoms with Gasteiger partial charge in [0.1, 0.15) is 35.6 Å². The summed E-state index contributed by atoms with van der Waals surface area (Å²) in [4.78, 5) is 88.1. The van der Waals surface area contributed by atoms with Crippen LogP contribution in [0.25, 0.3) is 0 Å². The van der Waals surface area contributed by atoms with E-state index < -0.39 is 123 Å². The lowest BCUT2D eigenvalue weighted by atomic mass is 9.75. The number of piperidine rings is 1. The normalized spacial score (nSPS) is 34.8. The van der Waals surface area contributed by atoms with Gasteiger partial charge in [0.2, 0.25) is 5.79 Å². The molecule has 6 rings (SSSR count). The van der Waals surface area contributed by atoms with Gasteiger partial charge < -0.3 is 52.2 Å². The minimum atomic E-state index is -2.46. The second kappa shape index (κ2) is 31.0. The number of esters is 2. The molecule has 0 aromatic heterocycles. The van der Waals surface area contributed by atoms with Crippen LogP contribution < -0.4 is 5.46 Å². The van der Waals surface area contributed by atoms with Crippen molar-refractivity contribution in [3.8, 4) is 0 Å². The lowest BCUT2D eigenvalue weighted by Crippen LogP contribution is -2.61. The molecule has 17 nitrogen and oxygen atoms in total. The number of carbonyl (C=O) groups is 6. The third kappa shape index (κ3) is 18.1. The second-order valence-electron chi connectivity index (χ2n) is 26.1. The number of nitrogens with zero attached hydrogens (tertiary/aromatic N) is 1. The maximum Gasteiger partial charge on any atom is 0.493 e. The van der Waals surface area contributed by atoms with Gasteiger partial charge in [0, 0.05) is 71.7 Å². The molecule has 4 aliphatic heterocycles. The Balaban J connectivity index is 1.28.